The summed E-state index contributed by atoms with van der Waals surface area (Å²) in [6, 6.07) is -0.155. The Kier molecular flexibility index (Phi) is 5.05. The first kappa shape index (κ1) is 12.5. The lowest BCUT2D eigenvalue weighted by atomic mass is 9.98. The summed E-state index contributed by atoms with van der Waals surface area (Å²) in [5, 5.41) is 3.26. The van der Waals surface area contributed by atoms with Crippen molar-refractivity contribution in [1.29, 1.82) is 0 Å². The molecule has 1 aliphatic heterocycles. The molecular formula is C11H23N3O. The van der Waals surface area contributed by atoms with Gasteiger partial charge in [-0.2, -0.15) is 0 Å². The normalized spacial score (nSPS) is 25.1. The molecule has 4 heteroatoms. The first-order valence-corrected chi connectivity index (χ1v) is 5.84. The number of rotatable bonds is 5. The Morgan fingerprint density at radius 3 is 2.93 bits per heavy atom. The molecule has 0 aromatic heterocycles. The van der Waals surface area contributed by atoms with Crippen LogP contribution in [0.1, 0.15) is 26.2 Å². The quantitative estimate of drug-likeness (QED) is 0.685. The molecule has 2 unspecified atom stereocenters. The maximum absolute atomic E-state index is 11.0. The minimum atomic E-state index is -0.235. The molecule has 4 nitrogen and oxygen atoms in total. The highest BCUT2D eigenvalue weighted by Gasteiger charge is 2.19. The Morgan fingerprint density at radius 1 is 1.67 bits per heavy atom. The molecule has 1 heterocycles. The van der Waals surface area contributed by atoms with Crippen molar-refractivity contribution in [1.82, 2.24) is 10.2 Å². The van der Waals surface area contributed by atoms with Crippen LogP contribution in [0.3, 0.4) is 0 Å². The van der Waals surface area contributed by atoms with E-state index >= 15 is 0 Å². The number of piperidine rings is 1. The SMILES string of the molecule is CCC(NCC1CCCN(C)C1)C(N)=O. The van der Waals surface area contributed by atoms with E-state index in [9.17, 15) is 4.79 Å². The minimum Gasteiger partial charge on any atom is -0.368 e. The van der Waals surface area contributed by atoms with Gasteiger partial charge in [0, 0.05) is 6.54 Å². The lowest BCUT2D eigenvalue weighted by molar-refractivity contribution is -0.120. The molecule has 0 aromatic rings. The number of nitrogens with one attached hydrogen (secondary N) is 1. The number of nitrogens with two attached hydrogens (primary N) is 1. The third-order valence-electron chi connectivity index (χ3n) is 3.13. The van der Waals surface area contributed by atoms with Gasteiger partial charge in [-0.05, 0) is 45.3 Å². The Balaban J connectivity index is 2.26. The molecule has 1 fully saturated rings. The van der Waals surface area contributed by atoms with E-state index in [1.54, 1.807) is 0 Å². The molecule has 1 aliphatic rings. The van der Waals surface area contributed by atoms with Crippen molar-refractivity contribution in [2.45, 2.75) is 32.2 Å². The van der Waals surface area contributed by atoms with Crippen LogP contribution in [0.15, 0.2) is 0 Å². The molecule has 1 amide bonds. The number of hydrogen-bond donors (Lipinski definition) is 2. The zero-order valence-electron chi connectivity index (χ0n) is 9.83. The molecule has 0 aromatic carbocycles. The molecule has 0 spiro atoms. The van der Waals surface area contributed by atoms with Crippen LogP contribution in [0.2, 0.25) is 0 Å². The summed E-state index contributed by atoms with van der Waals surface area (Å²) in [6.45, 7) is 5.22. The van der Waals surface area contributed by atoms with E-state index < -0.39 is 0 Å². The van der Waals surface area contributed by atoms with Crippen LogP contribution in [-0.2, 0) is 4.79 Å². The predicted octanol–water partition coefficient (Wildman–Crippen LogP) is 0.182. The highest BCUT2D eigenvalue weighted by Crippen LogP contribution is 2.14. The van der Waals surface area contributed by atoms with Crippen LogP contribution >= 0.6 is 0 Å². The molecule has 3 N–H and O–H groups in total. The zero-order valence-corrected chi connectivity index (χ0v) is 9.83. The second kappa shape index (κ2) is 6.08. The van der Waals surface area contributed by atoms with Crippen molar-refractivity contribution in [3.63, 3.8) is 0 Å². The third kappa shape index (κ3) is 4.18. The summed E-state index contributed by atoms with van der Waals surface area (Å²) in [5.41, 5.74) is 5.28. The topological polar surface area (TPSA) is 58.4 Å². The smallest absolute Gasteiger partial charge is 0.234 e. The summed E-state index contributed by atoms with van der Waals surface area (Å²) < 4.78 is 0. The van der Waals surface area contributed by atoms with E-state index in [0.29, 0.717) is 5.92 Å². The molecule has 0 saturated carbocycles. The van der Waals surface area contributed by atoms with Gasteiger partial charge >= 0.3 is 0 Å². The Morgan fingerprint density at radius 2 is 2.40 bits per heavy atom. The highest BCUT2D eigenvalue weighted by molar-refractivity contribution is 5.79. The van der Waals surface area contributed by atoms with Crippen molar-refractivity contribution >= 4 is 5.91 Å². The van der Waals surface area contributed by atoms with E-state index in [1.165, 1.54) is 19.4 Å². The number of carbonyl (C=O) groups excluding carboxylic acids is 1. The fraction of sp³-hybridized carbons (Fsp3) is 0.909. The van der Waals surface area contributed by atoms with Crippen molar-refractivity contribution in [2.75, 3.05) is 26.7 Å². The summed E-state index contributed by atoms with van der Waals surface area (Å²) >= 11 is 0. The Bertz CT molecular complexity index is 208. The summed E-state index contributed by atoms with van der Waals surface area (Å²) in [5.74, 6) is 0.429. The maximum atomic E-state index is 11.0. The lowest BCUT2D eigenvalue weighted by Crippen LogP contribution is -2.45. The van der Waals surface area contributed by atoms with Crippen LogP contribution < -0.4 is 11.1 Å². The molecule has 15 heavy (non-hydrogen) atoms. The van der Waals surface area contributed by atoms with Gasteiger partial charge in [0.05, 0.1) is 6.04 Å². The minimum absolute atomic E-state index is 0.155. The van der Waals surface area contributed by atoms with Crippen LogP contribution in [0.25, 0.3) is 0 Å². The van der Waals surface area contributed by atoms with Crippen LogP contribution in [0.5, 0.6) is 0 Å². The number of carbonyl (C=O) groups is 1. The highest BCUT2D eigenvalue weighted by atomic mass is 16.1. The van der Waals surface area contributed by atoms with Crippen molar-refractivity contribution in [3.05, 3.63) is 0 Å². The molecule has 0 aliphatic carbocycles. The average Bonchev–Trinajstić information content (AvgIpc) is 2.18. The van der Waals surface area contributed by atoms with Crippen LogP contribution in [0, 0.1) is 5.92 Å². The number of nitrogens with zero attached hydrogens (tertiary/aromatic N) is 1. The Labute approximate surface area is 92.2 Å². The van der Waals surface area contributed by atoms with Gasteiger partial charge in [-0.1, -0.05) is 6.92 Å². The second-order valence-corrected chi connectivity index (χ2v) is 4.54. The van der Waals surface area contributed by atoms with Crippen molar-refractivity contribution in [2.24, 2.45) is 11.7 Å². The summed E-state index contributed by atoms with van der Waals surface area (Å²) in [4.78, 5) is 13.4. The standard InChI is InChI=1S/C11H23N3O/c1-3-10(11(12)15)13-7-9-5-4-6-14(2)8-9/h9-10,13H,3-8H2,1-2H3,(H2,12,15). The second-order valence-electron chi connectivity index (χ2n) is 4.54. The number of hydrogen-bond acceptors (Lipinski definition) is 3. The van der Waals surface area contributed by atoms with Gasteiger partial charge in [-0.3, -0.25) is 4.79 Å². The number of primary amides is 1. The number of likely N-dealkylation sites (tertiary alicyclic amines) is 1. The van der Waals surface area contributed by atoms with E-state index in [0.717, 1.165) is 19.5 Å². The van der Waals surface area contributed by atoms with Crippen LogP contribution in [0.4, 0.5) is 0 Å². The summed E-state index contributed by atoms with van der Waals surface area (Å²) in [6.07, 6.45) is 3.29. The van der Waals surface area contributed by atoms with E-state index in [-0.39, 0.29) is 11.9 Å². The van der Waals surface area contributed by atoms with Gasteiger partial charge in [-0.15, -0.1) is 0 Å². The molecule has 0 radical (unpaired) electrons. The zero-order chi connectivity index (χ0) is 11.3. The maximum Gasteiger partial charge on any atom is 0.234 e. The molecule has 1 saturated heterocycles. The van der Waals surface area contributed by atoms with Gasteiger partial charge in [0.2, 0.25) is 5.91 Å². The fourth-order valence-electron chi connectivity index (χ4n) is 2.19. The molecule has 0 bridgehead atoms. The molecule has 88 valence electrons. The molecular weight excluding hydrogens is 190 g/mol. The van der Waals surface area contributed by atoms with Crippen molar-refractivity contribution < 1.29 is 4.79 Å². The first-order chi connectivity index (χ1) is 7.13. The van der Waals surface area contributed by atoms with E-state index in [2.05, 4.69) is 17.3 Å². The fourth-order valence-corrected chi connectivity index (χ4v) is 2.19. The number of amides is 1. The van der Waals surface area contributed by atoms with Gasteiger partial charge < -0.3 is 16.0 Å². The monoisotopic (exact) mass is 213 g/mol. The predicted molar refractivity (Wildman–Crippen MR) is 61.5 cm³/mol. The first-order valence-electron chi connectivity index (χ1n) is 5.84. The molecule has 1 rings (SSSR count). The Hall–Kier alpha value is -0.610. The third-order valence-corrected chi connectivity index (χ3v) is 3.13. The van der Waals surface area contributed by atoms with Gasteiger partial charge in [-0.25, -0.2) is 0 Å². The van der Waals surface area contributed by atoms with E-state index in [4.69, 9.17) is 5.73 Å². The van der Waals surface area contributed by atoms with Gasteiger partial charge in [0.1, 0.15) is 0 Å². The molecule has 2 atom stereocenters. The largest absolute Gasteiger partial charge is 0.368 e. The van der Waals surface area contributed by atoms with Crippen LogP contribution in [-0.4, -0.2) is 43.5 Å². The lowest BCUT2D eigenvalue weighted by Gasteiger charge is -2.30. The summed E-state index contributed by atoms with van der Waals surface area (Å²) in [7, 11) is 2.15. The van der Waals surface area contributed by atoms with E-state index in [1.807, 2.05) is 6.92 Å². The van der Waals surface area contributed by atoms with Gasteiger partial charge in [0.25, 0.3) is 0 Å². The van der Waals surface area contributed by atoms with Crippen molar-refractivity contribution in [3.8, 4) is 0 Å². The van der Waals surface area contributed by atoms with Gasteiger partial charge in [0.15, 0.2) is 0 Å². The average molecular weight is 213 g/mol.